The fourth-order valence-corrected chi connectivity index (χ4v) is 2.47. The van der Waals surface area contributed by atoms with Gasteiger partial charge in [-0.05, 0) is 25.1 Å². The molecule has 2 aromatic heterocycles. The van der Waals surface area contributed by atoms with Crippen molar-refractivity contribution < 1.29 is 4.79 Å². The third-order valence-electron chi connectivity index (χ3n) is 3.87. The first-order valence-electron chi connectivity index (χ1n) is 7.35. The van der Waals surface area contributed by atoms with Gasteiger partial charge in [0.25, 0.3) is 5.56 Å². The van der Waals surface area contributed by atoms with E-state index in [2.05, 4.69) is 10.2 Å². The van der Waals surface area contributed by atoms with E-state index in [0.29, 0.717) is 17.7 Å². The number of nitrogens with zero attached hydrogens (tertiary/aromatic N) is 2. The van der Waals surface area contributed by atoms with Crippen LogP contribution in [0, 0.1) is 6.92 Å². The van der Waals surface area contributed by atoms with E-state index in [0.717, 1.165) is 17.0 Å². The van der Waals surface area contributed by atoms with Crippen molar-refractivity contribution in [3.8, 4) is 0 Å². The molecular formula is C18H17N3O2. The van der Waals surface area contributed by atoms with Gasteiger partial charge in [0.15, 0.2) is 0 Å². The molecule has 3 aromatic rings. The van der Waals surface area contributed by atoms with Crippen LogP contribution in [0.2, 0.25) is 0 Å². The maximum Gasteiger partial charge on any atom is 0.264 e. The lowest BCUT2D eigenvalue weighted by molar-refractivity contribution is 0.103. The Bertz CT molecular complexity index is 884. The first kappa shape index (κ1) is 15.0. The van der Waals surface area contributed by atoms with Crippen LogP contribution >= 0.6 is 0 Å². The van der Waals surface area contributed by atoms with Gasteiger partial charge in [-0.3, -0.25) is 9.59 Å². The van der Waals surface area contributed by atoms with Crippen LogP contribution in [0.4, 0.5) is 0 Å². The van der Waals surface area contributed by atoms with Gasteiger partial charge in [0.2, 0.25) is 5.78 Å². The molecule has 0 saturated heterocycles. The molecule has 0 aliphatic carbocycles. The molecule has 5 heteroatoms. The highest BCUT2D eigenvalue weighted by atomic mass is 16.1. The lowest BCUT2D eigenvalue weighted by Gasteiger charge is -2.07. The number of ketones is 1. The van der Waals surface area contributed by atoms with Crippen molar-refractivity contribution in [2.45, 2.75) is 13.3 Å². The summed E-state index contributed by atoms with van der Waals surface area (Å²) in [6.07, 6.45) is 0.550. The Labute approximate surface area is 133 Å². The normalized spacial score (nSPS) is 10.7. The Hall–Kier alpha value is -2.95. The zero-order chi connectivity index (χ0) is 16.4. The lowest BCUT2D eigenvalue weighted by atomic mass is 10.1. The maximum absolute atomic E-state index is 12.6. The Balaban J connectivity index is 1.86. The number of rotatable bonds is 4. The minimum atomic E-state index is -0.226. The van der Waals surface area contributed by atoms with Crippen molar-refractivity contribution in [3.63, 3.8) is 0 Å². The highest BCUT2D eigenvalue weighted by molar-refractivity contribution is 6.08. The van der Waals surface area contributed by atoms with Crippen LogP contribution in [-0.2, 0) is 13.5 Å². The van der Waals surface area contributed by atoms with Gasteiger partial charge in [0, 0.05) is 30.8 Å². The molecule has 2 heterocycles. The van der Waals surface area contributed by atoms with Crippen LogP contribution < -0.4 is 5.56 Å². The summed E-state index contributed by atoms with van der Waals surface area (Å²) in [6, 6.07) is 14.4. The summed E-state index contributed by atoms with van der Waals surface area (Å²) in [5, 5.41) is 6.42. The van der Waals surface area contributed by atoms with E-state index in [1.54, 1.807) is 6.07 Å². The van der Waals surface area contributed by atoms with Crippen molar-refractivity contribution in [2.24, 2.45) is 7.05 Å². The van der Waals surface area contributed by atoms with Gasteiger partial charge in [-0.1, -0.05) is 29.8 Å². The number of aromatic amines is 1. The van der Waals surface area contributed by atoms with Crippen LogP contribution in [0.3, 0.4) is 0 Å². The summed E-state index contributed by atoms with van der Waals surface area (Å²) < 4.78 is 1.87. The largest absolute Gasteiger partial charge is 0.345 e. The zero-order valence-corrected chi connectivity index (χ0v) is 13.0. The summed E-state index contributed by atoms with van der Waals surface area (Å²) in [6.45, 7) is 1.99. The molecule has 0 aliphatic heterocycles. The second-order valence-electron chi connectivity index (χ2n) is 5.55. The van der Waals surface area contributed by atoms with Crippen LogP contribution in [0.15, 0.2) is 53.3 Å². The lowest BCUT2D eigenvalue weighted by Crippen LogP contribution is -2.11. The fraction of sp³-hybridized carbons (Fsp3) is 0.167. The van der Waals surface area contributed by atoms with Gasteiger partial charge < -0.3 is 4.57 Å². The van der Waals surface area contributed by atoms with Crippen LogP contribution in [0.5, 0.6) is 0 Å². The van der Waals surface area contributed by atoms with Crippen LogP contribution in [0.1, 0.15) is 33.0 Å². The van der Waals surface area contributed by atoms with Gasteiger partial charge in [0.05, 0.1) is 11.4 Å². The highest BCUT2D eigenvalue weighted by Gasteiger charge is 2.15. The van der Waals surface area contributed by atoms with Crippen molar-refractivity contribution in [1.29, 1.82) is 0 Å². The second-order valence-corrected chi connectivity index (χ2v) is 5.55. The number of aryl methyl sites for hydroxylation is 1. The summed E-state index contributed by atoms with van der Waals surface area (Å²) in [5.74, 6) is -0.00632. The standard InChI is InChI=1S/C18H17N3O2/c1-12-3-5-13(6-4-12)18(23)16-9-8-15(21(16)2)11-14-7-10-17(22)20-19-14/h3-10H,11H2,1-2H3,(H,20,22). The van der Waals surface area contributed by atoms with Gasteiger partial charge >= 0.3 is 0 Å². The molecule has 116 valence electrons. The van der Waals surface area contributed by atoms with Gasteiger partial charge in [-0.25, -0.2) is 5.10 Å². The molecule has 0 saturated carbocycles. The van der Waals surface area contributed by atoms with Crippen molar-refractivity contribution >= 4 is 5.78 Å². The molecule has 1 aromatic carbocycles. The number of H-pyrrole nitrogens is 1. The van der Waals surface area contributed by atoms with E-state index < -0.39 is 0 Å². The first-order chi connectivity index (χ1) is 11.0. The predicted octanol–water partition coefficient (Wildman–Crippen LogP) is 2.24. The molecule has 0 radical (unpaired) electrons. The number of carbonyl (C=O) groups excluding carboxylic acids is 1. The fourth-order valence-electron chi connectivity index (χ4n) is 2.47. The predicted molar refractivity (Wildman–Crippen MR) is 87.7 cm³/mol. The molecule has 23 heavy (non-hydrogen) atoms. The van der Waals surface area contributed by atoms with Crippen molar-refractivity contribution in [1.82, 2.24) is 14.8 Å². The minimum Gasteiger partial charge on any atom is -0.345 e. The molecule has 0 bridgehead atoms. The maximum atomic E-state index is 12.6. The first-order valence-corrected chi connectivity index (χ1v) is 7.35. The van der Waals surface area contributed by atoms with E-state index in [1.165, 1.54) is 6.07 Å². The quantitative estimate of drug-likeness (QED) is 0.752. The summed E-state index contributed by atoms with van der Waals surface area (Å²) in [4.78, 5) is 23.7. The van der Waals surface area contributed by atoms with Crippen LogP contribution in [-0.4, -0.2) is 20.5 Å². The van der Waals surface area contributed by atoms with Gasteiger partial charge in [-0.15, -0.1) is 0 Å². The molecule has 1 N–H and O–H groups in total. The van der Waals surface area contributed by atoms with E-state index in [4.69, 9.17) is 0 Å². The third kappa shape index (κ3) is 3.13. The Kier molecular flexibility index (Phi) is 3.93. The third-order valence-corrected chi connectivity index (χ3v) is 3.87. The SMILES string of the molecule is Cc1ccc(C(=O)c2ccc(Cc3ccc(=O)[nH]n3)n2C)cc1. The van der Waals surface area contributed by atoms with Gasteiger partial charge in [-0.2, -0.15) is 5.10 Å². The molecule has 0 fully saturated rings. The summed E-state index contributed by atoms with van der Waals surface area (Å²) in [7, 11) is 1.86. The van der Waals surface area contributed by atoms with E-state index in [1.807, 2.05) is 54.9 Å². The Morgan fingerprint density at radius 1 is 1.09 bits per heavy atom. The number of hydrogen-bond donors (Lipinski definition) is 1. The molecule has 0 spiro atoms. The monoisotopic (exact) mass is 307 g/mol. The van der Waals surface area contributed by atoms with Crippen molar-refractivity contribution in [2.75, 3.05) is 0 Å². The number of benzene rings is 1. The number of carbonyl (C=O) groups is 1. The van der Waals surface area contributed by atoms with Crippen LogP contribution in [0.25, 0.3) is 0 Å². The molecule has 0 amide bonds. The molecule has 0 unspecified atom stereocenters. The van der Waals surface area contributed by atoms with Gasteiger partial charge in [0.1, 0.15) is 0 Å². The zero-order valence-electron chi connectivity index (χ0n) is 13.0. The second kappa shape index (κ2) is 6.04. The molecule has 0 aliphatic rings. The number of hydrogen-bond acceptors (Lipinski definition) is 3. The Morgan fingerprint density at radius 3 is 2.48 bits per heavy atom. The smallest absolute Gasteiger partial charge is 0.264 e. The van der Waals surface area contributed by atoms with E-state index in [-0.39, 0.29) is 11.3 Å². The minimum absolute atomic E-state index is 0.00632. The molecule has 5 nitrogen and oxygen atoms in total. The van der Waals surface area contributed by atoms with E-state index >= 15 is 0 Å². The van der Waals surface area contributed by atoms with E-state index in [9.17, 15) is 9.59 Å². The highest BCUT2D eigenvalue weighted by Crippen LogP contribution is 2.15. The number of aromatic nitrogens is 3. The topological polar surface area (TPSA) is 67.8 Å². The Morgan fingerprint density at radius 2 is 1.83 bits per heavy atom. The summed E-state index contributed by atoms with van der Waals surface area (Å²) >= 11 is 0. The molecular weight excluding hydrogens is 290 g/mol. The average Bonchev–Trinajstić information content (AvgIpc) is 2.90. The van der Waals surface area contributed by atoms with Crippen molar-refractivity contribution in [3.05, 3.63) is 87.1 Å². The average molecular weight is 307 g/mol. The summed E-state index contributed by atoms with van der Waals surface area (Å²) in [5.41, 5.74) is 3.91. The number of nitrogens with one attached hydrogen (secondary N) is 1. The molecule has 0 atom stereocenters. The molecule has 3 rings (SSSR count).